The summed E-state index contributed by atoms with van der Waals surface area (Å²) in [6.07, 6.45) is 5.31. The minimum Gasteiger partial charge on any atom is -0.309 e. The van der Waals surface area contributed by atoms with Crippen LogP contribution in [0.15, 0.2) is 53.5 Å². The standard InChI is InChI=1S/C11H7F3N2O/c12-11(13,14)9(17)7-8-4-6-16-5-2-1-3-10(16)15-8/h1-7H. The number of fused-ring (bicyclic) bond motifs is 1. The van der Waals surface area contributed by atoms with Crippen molar-refractivity contribution in [2.45, 2.75) is 6.18 Å². The highest BCUT2D eigenvalue weighted by Crippen LogP contribution is 2.20. The highest BCUT2D eigenvalue weighted by atomic mass is 19.4. The number of carbonyl (C=O) groups excluding carboxylic acids is 1. The molecule has 17 heavy (non-hydrogen) atoms. The van der Waals surface area contributed by atoms with Gasteiger partial charge in [-0.15, -0.1) is 0 Å². The van der Waals surface area contributed by atoms with E-state index in [-0.39, 0.29) is 5.70 Å². The van der Waals surface area contributed by atoms with Crippen LogP contribution in [0, 0.1) is 0 Å². The van der Waals surface area contributed by atoms with E-state index in [1.165, 1.54) is 12.3 Å². The van der Waals surface area contributed by atoms with Gasteiger partial charge in [0, 0.05) is 18.5 Å². The number of rotatable bonds is 1. The second kappa shape index (κ2) is 4.04. The molecule has 0 N–H and O–H groups in total. The zero-order valence-corrected chi connectivity index (χ0v) is 8.48. The zero-order chi connectivity index (χ0) is 12.5. The van der Waals surface area contributed by atoms with Crippen LogP contribution in [-0.2, 0) is 4.79 Å². The Bertz CT molecular complexity index is 495. The molecule has 0 radical (unpaired) electrons. The topological polar surface area (TPSA) is 32.7 Å². The SMILES string of the molecule is O=C(C=C1C=CN2C=CC=CC2=N1)C(F)(F)F. The van der Waals surface area contributed by atoms with E-state index < -0.39 is 12.0 Å². The summed E-state index contributed by atoms with van der Waals surface area (Å²) in [4.78, 5) is 16.3. The number of nitrogens with zero attached hydrogens (tertiary/aromatic N) is 2. The summed E-state index contributed by atoms with van der Waals surface area (Å²) in [5, 5.41) is 0. The van der Waals surface area contributed by atoms with Gasteiger partial charge in [0.2, 0.25) is 0 Å². The highest BCUT2D eigenvalue weighted by Gasteiger charge is 2.36. The largest absolute Gasteiger partial charge is 0.454 e. The van der Waals surface area contributed by atoms with E-state index in [4.69, 9.17) is 0 Å². The monoisotopic (exact) mass is 240 g/mol. The Hall–Kier alpha value is -2.11. The maximum atomic E-state index is 12.0. The van der Waals surface area contributed by atoms with E-state index in [9.17, 15) is 18.0 Å². The lowest BCUT2D eigenvalue weighted by molar-refractivity contribution is -0.165. The summed E-state index contributed by atoms with van der Waals surface area (Å²) < 4.78 is 36.1. The van der Waals surface area contributed by atoms with Crippen molar-refractivity contribution in [3.05, 3.63) is 48.5 Å². The smallest absolute Gasteiger partial charge is 0.309 e. The third-order valence-corrected chi connectivity index (χ3v) is 2.08. The Kier molecular flexibility index (Phi) is 2.71. The first kappa shape index (κ1) is 11.4. The number of aliphatic imine (C=N–C) groups is 1. The van der Waals surface area contributed by atoms with Gasteiger partial charge >= 0.3 is 6.18 Å². The van der Waals surface area contributed by atoms with E-state index in [1.54, 1.807) is 29.3 Å². The minimum atomic E-state index is -4.86. The molecular formula is C11H7F3N2O. The van der Waals surface area contributed by atoms with Crippen LogP contribution in [0.3, 0.4) is 0 Å². The normalized spacial score (nSPS) is 20.5. The third-order valence-electron chi connectivity index (χ3n) is 2.08. The molecule has 0 spiro atoms. The molecule has 0 aromatic rings. The molecule has 0 fully saturated rings. The Balaban J connectivity index is 2.23. The number of halogens is 3. The number of amidine groups is 1. The van der Waals surface area contributed by atoms with Gasteiger partial charge in [-0.25, -0.2) is 4.99 Å². The van der Waals surface area contributed by atoms with Crippen LogP contribution in [0.5, 0.6) is 0 Å². The molecule has 2 heterocycles. The Morgan fingerprint density at radius 3 is 2.71 bits per heavy atom. The average Bonchev–Trinajstić information content (AvgIpc) is 2.27. The molecular weight excluding hydrogens is 233 g/mol. The lowest BCUT2D eigenvalue weighted by Crippen LogP contribution is -2.23. The molecule has 2 aliphatic rings. The minimum absolute atomic E-state index is 0.0153. The maximum Gasteiger partial charge on any atom is 0.454 e. The van der Waals surface area contributed by atoms with Crippen molar-refractivity contribution in [1.29, 1.82) is 0 Å². The molecule has 0 saturated heterocycles. The third kappa shape index (κ3) is 2.52. The molecule has 0 saturated carbocycles. The van der Waals surface area contributed by atoms with Crippen molar-refractivity contribution in [1.82, 2.24) is 4.90 Å². The molecule has 0 bridgehead atoms. The van der Waals surface area contributed by atoms with Gasteiger partial charge in [0.1, 0.15) is 5.84 Å². The van der Waals surface area contributed by atoms with Crippen molar-refractivity contribution in [3.8, 4) is 0 Å². The van der Waals surface area contributed by atoms with Crippen molar-refractivity contribution in [2.75, 3.05) is 0 Å². The van der Waals surface area contributed by atoms with E-state index in [1.807, 2.05) is 0 Å². The Morgan fingerprint density at radius 2 is 2.00 bits per heavy atom. The van der Waals surface area contributed by atoms with Crippen molar-refractivity contribution in [3.63, 3.8) is 0 Å². The summed E-state index contributed by atoms with van der Waals surface area (Å²) in [7, 11) is 0. The van der Waals surface area contributed by atoms with E-state index in [0.29, 0.717) is 11.9 Å². The Labute approximate surface area is 94.9 Å². The number of hydrogen-bond donors (Lipinski definition) is 0. The lowest BCUT2D eigenvalue weighted by atomic mass is 10.2. The van der Waals surface area contributed by atoms with Crippen molar-refractivity contribution in [2.24, 2.45) is 4.99 Å². The first-order valence-corrected chi connectivity index (χ1v) is 4.70. The number of carbonyl (C=O) groups is 1. The first-order chi connectivity index (χ1) is 7.97. The van der Waals surface area contributed by atoms with Crippen molar-refractivity contribution >= 4 is 11.6 Å². The fourth-order valence-electron chi connectivity index (χ4n) is 1.29. The number of ketones is 1. The molecule has 0 atom stereocenters. The maximum absolute atomic E-state index is 12.0. The number of allylic oxidation sites excluding steroid dienone is 4. The molecule has 3 nitrogen and oxygen atoms in total. The lowest BCUT2D eigenvalue weighted by Gasteiger charge is -2.21. The van der Waals surface area contributed by atoms with Crippen LogP contribution in [0.4, 0.5) is 13.2 Å². The summed E-state index contributed by atoms with van der Waals surface area (Å²) in [6.45, 7) is 0. The number of hydrogen-bond acceptors (Lipinski definition) is 3. The zero-order valence-electron chi connectivity index (χ0n) is 8.48. The van der Waals surface area contributed by atoms with Gasteiger partial charge in [-0.1, -0.05) is 6.08 Å². The molecule has 0 unspecified atom stereocenters. The van der Waals surface area contributed by atoms with Gasteiger partial charge in [-0.05, 0) is 18.2 Å². The van der Waals surface area contributed by atoms with Gasteiger partial charge < -0.3 is 4.90 Å². The highest BCUT2D eigenvalue weighted by molar-refractivity contribution is 5.99. The molecule has 0 aromatic carbocycles. The second-order valence-electron chi connectivity index (χ2n) is 3.32. The Morgan fingerprint density at radius 1 is 1.24 bits per heavy atom. The molecule has 0 aliphatic carbocycles. The molecule has 88 valence electrons. The summed E-state index contributed by atoms with van der Waals surface area (Å²) >= 11 is 0. The molecule has 2 aliphatic heterocycles. The summed E-state index contributed by atoms with van der Waals surface area (Å²) in [5.74, 6) is -1.44. The summed E-state index contributed by atoms with van der Waals surface area (Å²) in [5.41, 5.74) is -0.0153. The van der Waals surface area contributed by atoms with Crippen LogP contribution in [0.25, 0.3) is 0 Å². The van der Waals surface area contributed by atoms with Gasteiger partial charge in [-0.3, -0.25) is 4.79 Å². The van der Waals surface area contributed by atoms with Crippen LogP contribution in [-0.4, -0.2) is 22.7 Å². The van der Waals surface area contributed by atoms with Crippen molar-refractivity contribution < 1.29 is 18.0 Å². The predicted octanol–water partition coefficient (Wildman–Crippen LogP) is 2.31. The van der Waals surface area contributed by atoms with Crippen LogP contribution in [0.2, 0.25) is 0 Å². The van der Waals surface area contributed by atoms with Crippen LogP contribution >= 0.6 is 0 Å². The average molecular weight is 240 g/mol. The second-order valence-corrected chi connectivity index (χ2v) is 3.32. The summed E-state index contributed by atoms with van der Waals surface area (Å²) in [6, 6.07) is 0. The van der Waals surface area contributed by atoms with Crippen LogP contribution < -0.4 is 0 Å². The van der Waals surface area contributed by atoms with Gasteiger partial charge in [0.05, 0.1) is 5.70 Å². The fraction of sp³-hybridized carbons (Fsp3) is 0.0909. The fourth-order valence-corrected chi connectivity index (χ4v) is 1.29. The van der Waals surface area contributed by atoms with Gasteiger partial charge in [-0.2, -0.15) is 13.2 Å². The first-order valence-electron chi connectivity index (χ1n) is 4.70. The van der Waals surface area contributed by atoms with E-state index in [2.05, 4.69) is 4.99 Å². The quantitative estimate of drug-likeness (QED) is 0.659. The van der Waals surface area contributed by atoms with E-state index >= 15 is 0 Å². The van der Waals surface area contributed by atoms with E-state index in [0.717, 1.165) is 0 Å². The molecule has 0 aromatic heterocycles. The predicted molar refractivity (Wildman–Crippen MR) is 55.8 cm³/mol. The molecule has 0 amide bonds. The van der Waals surface area contributed by atoms with Crippen LogP contribution in [0.1, 0.15) is 0 Å². The van der Waals surface area contributed by atoms with Gasteiger partial charge in [0.15, 0.2) is 0 Å². The molecule has 6 heteroatoms. The molecule has 2 rings (SSSR count). The number of alkyl halides is 3. The van der Waals surface area contributed by atoms with Gasteiger partial charge in [0.25, 0.3) is 5.78 Å².